The van der Waals surface area contributed by atoms with Crippen molar-refractivity contribution in [3.05, 3.63) is 108 Å². The summed E-state index contributed by atoms with van der Waals surface area (Å²) < 4.78 is 10.7. The second kappa shape index (κ2) is 12.6. The third kappa shape index (κ3) is 6.54. The molecular formula is C31H30N2O6. The van der Waals surface area contributed by atoms with E-state index in [1.54, 1.807) is 73.7 Å². The van der Waals surface area contributed by atoms with E-state index in [9.17, 15) is 19.5 Å². The third-order valence-electron chi connectivity index (χ3n) is 6.43. The molecule has 0 saturated carbocycles. The van der Waals surface area contributed by atoms with Crippen LogP contribution in [0.5, 0.6) is 5.75 Å². The number of furan rings is 1. The van der Waals surface area contributed by atoms with Crippen LogP contribution in [0.4, 0.5) is 5.88 Å². The van der Waals surface area contributed by atoms with Crippen molar-refractivity contribution >= 4 is 23.7 Å². The van der Waals surface area contributed by atoms with Crippen molar-refractivity contribution in [2.24, 2.45) is 0 Å². The van der Waals surface area contributed by atoms with E-state index in [1.165, 1.54) is 11.2 Å². The first kappa shape index (κ1) is 27.2. The van der Waals surface area contributed by atoms with Gasteiger partial charge in [-0.1, -0.05) is 48.5 Å². The SMILES string of the molecule is COc1cccc(CCN(CCC(=O)O)C(=O)c2ccccc2-c2ccccc2C(=O)N(C)c2ccco2)c1. The van der Waals surface area contributed by atoms with Crippen LogP contribution < -0.4 is 9.64 Å². The second-order valence-corrected chi connectivity index (χ2v) is 8.94. The highest BCUT2D eigenvalue weighted by Crippen LogP contribution is 2.30. The van der Waals surface area contributed by atoms with Crippen molar-refractivity contribution in [1.29, 1.82) is 0 Å². The van der Waals surface area contributed by atoms with Crippen molar-refractivity contribution in [2.45, 2.75) is 12.8 Å². The van der Waals surface area contributed by atoms with Gasteiger partial charge in [0.05, 0.1) is 19.8 Å². The maximum absolute atomic E-state index is 13.9. The zero-order valence-corrected chi connectivity index (χ0v) is 21.9. The summed E-state index contributed by atoms with van der Waals surface area (Å²) in [5.41, 5.74) is 2.93. The van der Waals surface area contributed by atoms with Crippen molar-refractivity contribution in [3.63, 3.8) is 0 Å². The predicted molar refractivity (Wildman–Crippen MR) is 148 cm³/mol. The van der Waals surface area contributed by atoms with Gasteiger partial charge in [0.25, 0.3) is 11.8 Å². The van der Waals surface area contributed by atoms with Crippen LogP contribution >= 0.6 is 0 Å². The molecule has 8 heteroatoms. The number of anilines is 1. The summed E-state index contributed by atoms with van der Waals surface area (Å²) in [6.07, 6.45) is 1.83. The Hall–Kier alpha value is -4.85. The molecule has 0 spiro atoms. The van der Waals surface area contributed by atoms with Crippen molar-refractivity contribution in [1.82, 2.24) is 4.90 Å². The number of carbonyl (C=O) groups excluding carboxylic acids is 2. The number of methoxy groups -OCH3 is 1. The standard InChI is InChI=1S/C31H30N2O6/c1-32(28-15-8-20-39-28)30(36)26-13-5-3-11-24(26)25-12-4-6-14-27(25)31(37)33(19-17-29(34)35)18-16-22-9-7-10-23(21-22)38-2/h3-15,20-21H,16-19H2,1-2H3,(H,34,35). The van der Waals surface area contributed by atoms with Gasteiger partial charge in [0.2, 0.25) is 5.88 Å². The number of hydrogen-bond donors (Lipinski definition) is 1. The number of amides is 2. The van der Waals surface area contributed by atoms with Gasteiger partial charge in [0.1, 0.15) is 5.75 Å². The van der Waals surface area contributed by atoms with Crippen LogP contribution in [0.3, 0.4) is 0 Å². The Morgan fingerprint density at radius 2 is 1.49 bits per heavy atom. The van der Waals surface area contributed by atoms with E-state index in [-0.39, 0.29) is 24.8 Å². The zero-order chi connectivity index (χ0) is 27.8. The molecule has 0 fully saturated rings. The molecule has 0 saturated heterocycles. The lowest BCUT2D eigenvalue weighted by atomic mass is 9.94. The highest BCUT2D eigenvalue weighted by molar-refractivity contribution is 6.11. The maximum atomic E-state index is 13.9. The summed E-state index contributed by atoms with van der Waals surface area (Å²) in [5, 5.41) is 9.32. The highest BCUT2D eigenvalue weighted by Gasteiger charge is 2.24. The number of rotatable bonds is 11. The Labute approximate surface area is 227 Å². The monoisotopic (exact) mass is 526 g/mol. The van der Waals surface area contributed by atoms with Gasteiger partial charge in [-0.2, -0.15) is 0 Å². The fraction of sp³-hybridized carbons (Fsp3) is 0.194. The quantitative estimate of drug-likeness (QED) is 0.281. The number of nitrogens with zero attached hydrogens (tertiary/aromatic N) is 2. The van der Waals surface area contributed by atoms with Crippen LogP contribution in [-0.2, 0) is 11.2 Å². The lowest BCUT2D eigenvalue weighted by Gasteiger charge is -2.24. The molecule has 8 nitrogen and oxygen atoms in total. The second-order valence-electron chi connectivity index (χ2n) is 8.94. The molecule has 1 aromatic heterocycles. The molecule has 0 aliphatic carbocycles. The molecular weight excluding hydrogens is 496 g/mol. The normalized spacial score (nSPS) is 10.6. The van der Waals surface area contributed by atoms with Crippen LogP contribution in [0.2, 0.25) is 0 Å². The van der Waals surface area contributed by atoms with E-state index in [0.717, 1.165) is 5.56 Å². The van der Waals surface area contributed by atoms with Crippen molar-refractivity contribution in [3.8, 4) is 16.9 Å². The number of carbonyl (C=O) groups is 3. The minimum atomic E-state index is -0.987. The fourth-order valence-electron chi connectivity index (χ4n) is 4.36. The average molecular weight is 527 g/mol. The largest absolute Gasteiger partial charge is 0.497 e. The third-order valence-corrected chi connectivity index (χ3v) is 6.43. The van der Waals surface area contributed by atoms with Crippen LogP contribution in [0.25, 0.3) is 11.1 Å². The highest BCUT2D eigenvalue weighted by atomic mass is 16.5. The summed E-state index contributed by atoms with van der Waals surface area (Å²) >= 11 is 0. The predicted octanol–water partition coefficient (Wildman–Crippen LogP) is 5.39. The van der Waals surface area contributed by atoms with E-state index >= 15 is 0 Å². The molecule has 0 bridgehead atoms. The molecule has 0 radical (unpaired) electrons. The molecule has 0 atom stereocenters. The van der Waals surface area contributed by atoms with Gasteiger partial charge in [0, 0.05) is 37.3 Å². The summed E-state index contributed by atoms with van der Waals surface area (Å²) in [6.45, 7) is 0.365. The minimum Gasteiger partial charge on any atom is -0.497 e. The van der Waals surface area contributed by atoms with E-state index in [4.69, 9.17) is 9.15 Å². The fourth-order valence-corrected chi connectivity index (χ4v) is 4.36. The van der Waals surface area contributed by atoms with Crippen molar-refractivity contribution < 1.29 is 28.6 Å². The lowest BCUT2D eigenvalue weighted by molar-refractivity contribution is -0.137. The number of carboxylic acid groups (broad SMARTS) is 1. The van der Waals surface area contributed by atoms with Gasteiger partial charge in [-0.25, -0.2) is 0 Å². The van der Waals surface area contributed by atoms with Gasteiger partial charge in [-0.15, -0.1) is 0 Å². The molecule has 0 aliphatic heterocycles. The first-order chi connectivity index (χ1) is 18.9. The minimum absolute atomic E-state index is 0.0499. The van der Waals surface area contributed by atoms with E-state index in [0.29, 0.717) is 46.9 Å². The number of ether oxygens (including phenoxy) is 1. The van der Waals surface area contributed by atoms with Crippen LogP contribution in [0, 0.1) is 0 Å². The molecule has 3 aromatic carbocycles. The van der Waals surface area contributed by atoms with Gasteiger partial charge < -0.3 is 19.2 Å². The molecule has 2 amide bonds. The summed E-state index contributed by atoms with van der Waals surface area (Å²) in [7, 11) is 3.22. The molecule has 1 heterocycles. The number of benzene rings is 3. The molecule has 4 rings (SSSR count). The average Bonchev–Trinajstić information content (AvgIpc) is 3.51. The Morgan fingerprint density at radius 3 is 2.10 bits per heavy atom. The molecule has 4 aromatic rings. The molecule has 200 valence electrons. The Morgan fingerprint density at radius 1 is 0.821 bits per heavy atom. The summed E-state index contributed by atoms with van der Waals surface area (Å²) in [5.74, 6) is -0.474. The molecule has 0 aliphatic rings. The van der Waals surface area contributed by atoms with E-state index in [1.807, 2.05) is 30.3 Å². The van der Waals surface area contributed by atoms with Gasteiger partial charge in [0.15, 0.2) is 0 Å². The molecule has 0 unspecified atom stereocenters. The zero-order valence-electron chi connectivity index (χ0n) is 21.9. The smallest absolute Gasteiger partial charge is 0.305 e. The Bertz CT molecular complexity index is 1450. The van der Waals surface area contributed by atoms with Crippen molar-refractivity contribution in [2.75, 3.05) is 32.1 Å². The lowest BCUT2D eigenvalue weighted by Crippen LogP contribution is -2.35. The first-order valence-corrected chi connectivity index (χ1v) is 12.5. The first-order valence-electron chi connectivity index (χ1n) is 12.5. The summed E-state index contributed by atoms with van der Waals surface area (Å²) in [6, 6.07) is 25.1. The van der Waals surface area contributed by atoms with E-state index < -0.39 is 5.97 Å². The van der Waals surface area contributed by atoms with Crippen LogP contribution in [0.1, 0.15) is 32.7 Å². The van der Waals surface area contributed by atoms with Gasteiger partial charge in [-0.3, -0.25) is 19.3 Å². The molecule has 39 heavy (non-hydrogen) atoms. The number of carboxylic acids is 1. The number of hydrogen-bond acceptors (Lipinski definition) is 5. The van der Waals surface area contributed by atoms with Crippen LogP contribution in [0.15, 0.2) is 95.6 Å². The Balaban J connectivity index is 1.66. The topological polar surface area (TPSA) is 100 Å². The van der Waals surface area contributed by atoms with Gasteiger partial charge >= 0.3 is 5.97 Å². The van der Waals surface area contributed by atoms with E-state index in [2.05, 4.69) is 0 Å². The maximum Gasteiger partial charge on any atom is 0.305 e. The molecule has 1 N–H and O–H groups in total. The number of aliphatic carboxylic acids is 1. The van der Waals surface area contributed by atoms with Crippen LogP contribution in [-0.4, -0.2) is 55.0 Å². The van der Waals surface area contributed by atoms with Gasteiger partial charge in [-0.05, 0) is 53.4 Å². The Kier molecular flexibility index (Phi) is 8.78. The summed E-state index contributed by atoms with van der Waals surface area (Å²) in [4.78, 5) is 41.7.